The highest BCUT2D eigenvalue weighted by Crippen LogP contribution is 2.30. The summed E-state index contributed by atoms with van der Waals surface area (Å²) < 4.78 is 1.64. The second-order valence-corrected chi connectivity index (χ2v) is 7.39. The quantitative estimate of drug-likeness (QED) is 0.200. The van der Waals surface area contributed by atoms with Crippen molar-refractivity contribution in [2.75, 3.05) is 5.32 Å². The molecule has 0 atom stereocenters. The monoisotopic (exact) mass is 433 g/mol. The number of ketones is 1. The standard InChI is InChI=1S/C23H16ClN3O4/c1-14-5-10-18(27(30)31)13-20(14)25-23(29)22(28)21-19(15-6-8-16(24)9-7-15)12-17-4-2-3-11-26(17)21/h2-13H,1H3,(H,25,29). The zero-order valence-corrected chi connectivity index (χ0v) is 17.1. The van der Waals surface area contributed by atoms with Gasteiger partial charge in [0.15, 0.2) is 0 Å². The highest BCUT2D eigenvalue weighted by molar-refractivity contribution is 6.47. The van der Waals surface area contributed by atoms with Crippen molar-refractivity contribution in [2.45, 2.75) is 6.92 Å². The minimum absolute atomic E-state index is 0.177. The van der Waals surface area contributed by atoms with Crippen LogP contribution >= 0.6 is 11.6 Å². The maximum Gasteiger partial charge on any atom is 0.298 e. The van der Waals surface area contributed by atoms with Crippen LogP contribution in [0.25, 0.3) is 16.6 Å². The van der Waals surface area contributed by atoms with Crippen LogP contribution in [-0.4, -0.2) is 21.0 Å². The first-order valence-electron chi connectivity index (χ1n) is 9.32. The Labute approximate surface area is 182 Å². The molecule has 2 heterocycles. The van der Waals surface area contributed by atoms with Crippen LogP contribution in [-0.2, 0) is 4.79 Å². The number of benzene rings is 2. The number of aromatic nitrogens is 1. The predicted molar refractivity (Wildman–Crippen MR) is 119 cm³/mol. The number of nitro groups is 1. The first kappa shape index (κ1) is 20.3. The molecule has 0 fully saturated rings. The fourth-order valence-corrected chi connectivity index (χ4v) is 3.48. The Morgan fingerprint density at radius 1 is 1.03 bits per heavy atom. The number of anilines is 1. The van der Waals surface area contributed by atoms with Gasteiger partial charge < -0.3 is 9.72 Å². The lowest BCUT2D eigenvalue weighted by molar-refractivity contribution is -0.384. The SMILES string of the molecule is Cc1ccc([N+](=O)[O-])cc1NC(=O)C(=O)c1c(-c2ccc(Cl)cc2)cc2ccccn12. The number of pyridine rings is 1. The van der Waals surface area contributed by atoms with E-state index < -0.39 is 16.6 Å². The molecule has 2 aromatic heterocycles. The summed E-state index contributed by atoms with van der Waals surface area (Å²) in [5.74, 6) is -1.65. The topological polar surface area (TPSA) is 93.7 Å². The van der Waals surface area contributed by atoms with Gasteiger partial charge in [-0.15, -0.1) is 0 Å². The molecule has 4 aromatic rings. The van der Waals surface area contributed by atoms with Gasteiger partial charge in [-0.2, -0.15) is 0 Å². The number of hydrogen-bond donors (Lipinski definition) is 1. The van der Waals surface area contributed by atoms with E-state index in [0.29, 0.717) is 16.1 Å². The number of nitrogens with one attached hydrogen (secondary N) is 1. The number of fused-ring (bicyclic) bond motifs is 1. The summed E-state index contributed by atoms with van der Waals surface area (Å²) in [5, 5.41) is 14.1. The van der Waals surface area contributed by atoms with Crippen molar-refractivity contribution in [1.29, 1.82) is 0 Å². The number of nitro benzene ring substituents is 1. The number of Topliss-reactive ketones (excluding diaryl/α,β-unsaturated/α-hetero) is 1. The van der Waals surface area contributed by atoms with E-state index in [0.717, 1.165) is 11.1 Å². The van der Waals surface area contributed by atoms with Gasteiger partial charge in [-0.05, 0) is 48.4 Å². The summed E-state index contributed by atoms with van der Waals surface area (Å²) in [6.45, 7) is 1.69. The number of hydrogen-bond acceptors (Lipinski definition) is 4. The van der Waals surface area contributed by atoms with Crippen LogP contribution in [0.1, 0.15) is 16.1 Å². The number of non-ortho nitro benzene ring substituents is 1. The lowest BCUT2D eigenvalue weighted by Crippen LogP contribution is -2.25. The maximum atomic E-state index is 13.2. The van der Waals surface area contributed by atoms with Gasteiger partial charge in [-0.25, -0.2) is 0 Å². The van der Waals surface area contributed by atoms with Crippen molar-refractivity contribution in [3.8, 4) is 11.1 Å². The number of aryl methyl sites for hydroxylation is 1. The fourth-order valence-electron chi connectivity index (χ4n) is 3.35. The maximum absolute atomic E-state index is 13.2. The Kier molecular flexibility index (Phi) is 5.27. The van der Waals surface area contributed by atoms with Gasteiger partial charge in [0, 0.05) is 34.4 Å². The average molecular weight is 434 g/mol. The van der Waals surface area contributed by atoms with Crippen molar-refractivity contribution in [1.82, 2.24) is 4.40 Å². The molecule has 2 aromatic carbocycles. The van der Waals surface area contributed by atoms with Gasteiger partial charge in [0.05, 0.1) is 10.6 Å². The van der Waals surface area contributed by atoms with E-state index in [1.807, 2.05) is 18.2 Å². The third-order valence-corrected chi connectivity index (χ3v) is 5.19. The Bertz CT molecular complexity index is 1340. The smallest absolute Gasteiger partial charge is 0.298 e. The van der Waals surface area contributed by atoms with E-state index in [1.165, 1.54) is 18.2 Å². The van der Waals surface area contributed by atoms with Gasteiger partial charge >= 0.3 is 0 Å². The summed E-state index contributed by atoms with van der Waals surface area (Å²) in [4.78, 5) is 36.6. The second kappa shape index (κ2) is 8.04. The Balaban J connectivity index is 1.76. The van der Waals surface area contributed by atoms with Crippen molar-refractivity contribution >= 4 is 40.2 Å². The third kappa shape index (κ3) is 3.91. The molecule has 1 N–H and O–H groups in total. The summed E-state index contributed by atoms with van der Waals surface area (Å²) in [6.07, 6.45) is 1.70. The highest BCUT2D eigenvalue weighted by Gasteiger charge is 2.25. The number of carbonyl (C=O) groups excluding carboxylic acids is 2. The molecule has 0 spiro atoms. The predicted octanol–water partition coefficient (Wildman–Crippen LogP) is 5.30. The molecule has 0 bridgehead atoms. The molecular weight excluding hydrogens is 418 g/mol. The first-order chi connectivity index (χ1) is 14.8. The van der Waals surface area contributed by atoms with Crippen LogP contribution < -0.4 is 5.32 Å². The molecule has 0 aliphatic heterocycles. The van der Waals surface area contributed by atoms with Crippen molar-refractivity contribution in [3.05, 3.63) is 99.3 Å². The average Bonchev–Trinajstić information content (AvgIpc) is 3.14. The van der Waals surface area contributed by atoms with E-state index >= 15 is 0 Å². The summed E-state index contributed by atoms with van der Waals surface area (Å²) in [7, 11) is 0. The van der Waals surface area contributed by atoms with Crippen molar-refractivity contribution < 1.29 is 14.5 Å². The zero-order valence-electron chi connectivity index (χ0n) is 16.3. The minimum Gasteiger partial charge on any atom is -0.319 e. The molecule has 0 radical (unpaired) electrons. The van der Waals surface area contributed by atoms with Crippen molar-refractivity contribution in [2.24, 2.45) is 0 Å². The van der Waals surface area contributed by atoms with E-state index in [4.69, 9.17) is 11.6 Å². The molecule has 0 saturated carbocycles. The number of amides is 1. The van der Waals surface area contributed by atoms with Crippen LogP contribution in [0.15, 0.2) is 72.9 Å². The molecule has 0 aliphatic rings. The molecule has 8 heteroatoms. The van der Waals surface area contributed by atoms with Gasteiger partial charge in [-0.3, -0.25) is 19.7 Å². The molecule has 0 saturated heterocycles. The normalized spacial score (nSPS) is 10.8. The molecule has 7 nitrogen and oxygen atoms in total. The molecule has 0 unspecified atom stereocenters. The van der Waals surface area contributed by atoms with E-state index in [9.17, 15) is 19.7 Å². The van der Waals surface area contributed by atoms with E-state index in [-0.39, 0.29) is 17.1 Å². The van der Waals surface area contributed by atoms with Crippen LogP contribution in [0, 0.1) is 17.0 Å². The molecule has 4 rings (SSSR count). The van der Waals surface area contributed by atoms with E-state index in [1.54, 1.807) is 47.9 Å². The van der Waals surface area contributed by atoms with E-state index in [2.05, 4.69) is 5.32 Å². The Hall–Kier alpha value is -3.97. The lowest BCUT2D eigenvalue weighted by Gasteiger charge is -2.09. The molecule has 0 aliphatic carbocycles. The fraction of sp³-hybridized carbons (Fsp3) is 0.0435. The van der Waals surface area contributed by atoms with Crippen molar-refractivity contribution in [3.63, 3.8) is 0 Å². The minimum atomic E-state index is -0.886. The third-order valence-electron chi connectivity index (χ3n) is 4.94. The van der Waals surface area contributed by atoms with Crippen LogP contribution in [0.3, 0.4) is 0 Å². The Morgan fingerprint density at radius 2 is 1.77 bits per heavy atom. The summed E-state index contributed by atoms with van der Waals surface area (Å²) >= 11 is 5.99. The van der Waals surface area contributed by atoms with Gasteiger partial charge in [-0.1, -0.05) is 35.9 Å². The number of halogens is 1. The number of carbonyl (C=O) groups is 2. The molecular formula is C23H16ClN3O4. The van der Waals surface area contributed by atoms with Gasteiger partial charge in [0.2, 0.25) is 0 Å². The van der Waals surface area contributed by atoms with Crippen LogP contribution in [0.2, 0.25) is 5.02 Å². The molecule has 1 amide bonds. The first-order valence-corrected chi connectivity index (χ1v) is 9.69. The Morgan fingerprint density at radius 3 is 2.48 bits per heavy atom. The highest BCUT2D eigenvalue weighted by atomic mass is 35.5. The lowest BCUT2D eigenvalue weighted by atomic mass is 10.0. The van der Waals surface area contributed by atoms with Gasteiger partial charge in [0.25, 0.3) is 17.4 Å². The van der Waals surface area contributed by atoms with Crippen LogP contribution in [0.4, 0.5) is 11.4 Å². The zero-order chi connectivity index (χ0) is 22.1. The molecule has 154 valence electrons. The number of nitrogens with zero attached hydrogens (tertiary/aromatic N) is 2. The summed E-state index contributed by atoms with van der Waals surface area (Å²) in [5.41, 5.74) is 2.89. The molecule has 31 heavy (non-hydrogen) atoms. The van der Waals surface area contributed by atoms with Gasteiger partial charge in [0.1, 0.15) is 5.69 Å². The largest absolute Gasteiger partial charge is 0.319 e. The second-order valence-electron chi connectivity index (χ2n) is 6.95. The number of rotatable bonds is 5. The van der Waals surface area contributed by atoms with Crippen LogP contribution in [0.5, 0.6) is 0 Å². The summed E-state index contributed by atoms with van der Waals surface area (Å²) in [6, 6.07) is 18.3.